The van der Waals surface area contributed by atoms with Crippen molar-refractivity contribution in [2.45, 2.75) is 51.0 Å². The van der Waals surface area contributed by atoms with Gasteiger partial charge in [0.05, 0.1) is 0 Å². The van der Waals surface area contributed by atoms with Gasteiger partial charge in [-0.25, -0.2) is 0 Å². The highest BCUT2D eigenvalue weighted by atomic mass is 32.1. The average Bonchev–Trinajstić information content (AvgIpc) is 3.12. The number of aromatic nitrogens is 2. The van der Waals surface area contributed by atoms with E-state index in [9.17, 15) is 0 Å². The molecule has 128 valence electrons. The lowest BCUT2D eigenvalue weighted by atomic mass is 9.57. The third-order valence-electron chi connectivity index (χ3n) is 6.52. The van der Waals surface area contributed by atoms with Gasteiger partial charge in [0.1, 0.15) is 10.5 Å². The van der Waals surface area contributed by atoms with Crippen molar-refractivity contribution < 1.29 is 0 Å². The van der Waals surface area contributed by atoms with Crippen LogP contribution < -0.4 is 0 Å². The molecule has 3 nitrogen and oxygen atoms in total. The van der Waals surface area contributed by atoms with E-state index in [1.807, 2.05) is 5.51 Å². The highest BCUT2D eigenvalue weighted by molar-refractivity contribution is 7.10. The van der Waals surface area contributed by atoms with Crippen LogP contribution in [0.2, 0.25) is 0 Å². The highest BCUT2D eigenvalue weighted by Crippen LogP contribution is 2.53. The first-order valence-corrected chi connectivity index (χ1v) is 10.1. The van der Waals surface area contributed by atoms with Crippen LogP contribution in [-0.4, -0.2) is 34.7 Å². The zero-order chi connectivity index (χ0) is 16.6. The molecule has 0 N–H and O–H groups in total. The van der Waals surface area contributed by atoms with Gasteiger partial charge in [-0.3, -0.25) is 0 Å². The summed E-state index contributed by atoms with van der Waals surface area (Å²) < 4.78 is 0. The molecule has 1 aliphatic heterocycles. The number of likely N-dealkylation sites (tertiary alicyclic amines) is 1. The first-order chi connectivity index (χ1) is 11.7. The number of piperidine rings is 1. The van der Waals surface area contributed by atoms with Crippen LogP contribution in [0.1, 0.15) is 50.0 Å². The molecule has 3 aliphatic rings. The van der Waals surface area contributed by atoms with Gasteiger partial charge in [-0.15, -0.1) is 10.2 Å². The molecular weight excluding hydrogens is 314 g/mol. The van der Waals surface area contributed by atoms with Crippen molar-refractivity contribution in [2.24, 2.45) is 11.3 Å². The Hall–Kier alpha value is -1.26. The van der Waals surface area contributed by atoms with E-state index in [1.54, 1.807) is 11.3 Å². The van der Waals surface area contributed by atoms with Crippen molar-refractivity contribution in [3.05, 3.63) is 40.9 Å². The van der Waals surface area contributed by atoms with Crippen LogP contribution >= 0.6 is 11.3 Å². The predicted molar refractivity (Wildman–Crippen MR) is 101 cm³/mol. The molecule has 4 heteroatoms. The van der Waals surface area contributed by atoms with E-state index < -0.39 is 0 Å². The summed E-state index contributed by atoms with van der Waals surface area (Å²) in [6, 6.07) is 0.660. The summed E-state index contributed by atoms with van der Waals surface area (Å²) >= 11 is 1.63. The number of hydrogen-bond acceptors (Lipinski definition) is 4. The summed E-state index contributed by atoms with van der Waals surface area (Å²) in [5.41, 5.74) is 4.78. The van der Waals surface area contributed by atoms with E-state index in [1.165, 1.54) is 56.2 Å². The normalized spacial score (nSPS) is 38.0. The fourth-order valence-electron chi connectivity index (χ4n) is 5.15. The molecule has 1 aromatic heterocycles. The van der Waals surface area contributed by atoms with Crippen molar-refractivity contribution in [1.82, 2.24) is 15.1 Å². The van der Waals surface area contributed by atoms with Gasteiger partial charge in [-0.1, -0.05) is 54.6 Å². The lowest BCUT2D eigenvalue weighted by Gasteiger charge is -2.55. The summed E-state index contributed by atoms with van der Waals surface area (Å²) in [7, 11) is 2.31. The molecular formula is C20H27N3S. The Morgan fingerprint density at radius 3 is 3.04 bits per heavy atom. The molecule has 0 spiro atoms. The Kier molecular flexibility index (Phi) is 4.44. The minimum atomic E-state index is 0.483. The summed E-state index contributed by atoms with van der Waals surface area (Å²) in [6.07, 6.45) is 16.0. The van der Waals surface area contributed by atoms with Crippen LogP contribution in [0.15, 0.2) is 35.9 Å². The van der Waals surface area contributed by atoms with E-state index >= 15 is 0 Å². The van der Waals surface area contributed by atoms with E-state index in [0.717, 1.165) is 17.3 Å². The molecule has 0 amide bonds. The largest absolute Gasteiger partial charge is 0.303 e. The molecule has 3 atom stereocenters. The standard InChI is InChI=1S/C20H27N3S/c1-15-6-7-16(19-22-21-14-24-19)8-10-20-9-4-3-5-17(20)18(13-15)23(2)12-11-20/h6-8,14,17-18H,1,3-5,9-13H2,2H3/b7-6-,16-8+/t17?,18-,20?/m0/s1. The maximum absolute atomic E-state index is 4.35. The fraction of sp³-hybridized carbons (Fsp3) is 0.600. The van der Waals surface area contributed by atoms with Gasteiger partial charge < -0.3 is 4.90 Å². The van der Waals surface area contributed by atoms with Crippen molar-refractivity contribution in [3.63, 3.8) is 0 Å². The zero-order valence-corrected chi connectivity index (χ0v) is 15.4. The molecule has 0 aromatic carbocycles. The molecule has 4 rings (SSSR count). The molecule has 0 radical (unpaired) electrons. The molecule has 2 fully saturated rings. The maximum atomic E-state index is 4.35. The minimum absolute atomic E-state index is 0.483. The molecule has 1 aromatic rings. The first-order valence-electron chi connectivity index (χ1n) is 9.21. The zero-order valence-electron chi connectivity index (χ0n) is 14.6. The topological polar surface area (TPSA) is 29.0 Å². The van der Waals surface area contributed by atoms with Crippen LogP contribution in [-0.2, 0) is 0 Å². The second-order valence-corrected chi connectivity index (χ2v) is 8.65. The Morgan fingerprint density at radius 2 is 2.21 bits per heavy atom. The molecule has 2 aliphatic carbocycles. The Bertz CT molecular complexity index is 660. The van der Waals surface area contributed by atoms with Crippen LogP contribution in [0, 0.1) is 11.3 Å². The molecule has 24 heavy (non-hydrogen) atoms. The van der Waals surface area contributed by atoms with Crippen LogP contribution in [0.25, 0.3) is 5.57 Å². The van der Waals surface area contributed by atoms with Crippen molar-refractivity contribution in [3.8, 4) is 0 Å². The molecule has 2 bridgehead atoms. The number of nitrogens with zero attached hydrogens (tertiary/aromatic N) is 3. The molecule has 2 unspecified atom stereocenters. The van der Waals surface area contributed by atoms with Crippen LogP contribution in [0.3, 0.4) is 0 Å². The molecule has 2 heterocycles. The van der Waals surface area contributed by atoms with Gasteiger partial charge in [-0.2, -0.15) is 0 Å². The van der Waals surface area contributed by atoms with Crippen molar-refractivity contribution in [1.29, 1.82) is 0 Å². The smallest absolute Gasteiger partial charge is 0.147 e. The third-order valence-corrected chi connectivity index (χ3v) is 7.27. The second kappa shape index (κ2) is 6.57. The van der Waals surface area contributed by atoms with E-state index in [-0.39, 0.29) is 0 Å². The van der Waals surface area contributed by atoms with Crippen molar-refractivity contribution >= 4 is 16.9 Å². The summed E-state index contributed by atoms with van der Waals surface area (Å²) in [4.78, 5) is 2.60. The summed E-state index contributed by atoms with van der Waals surface area (Å²) in [6.45, 7) is 5.57. The van der Waals surface area contributed by atoms with Gasteiger partial charge in [0.2, 0.25) is 0 Å². The van der Waals surface area contributed by atoms with Gasteiger partial charge >= 0.3 is 0 Å². The summed E-state index contributed by atoms with van der Waals surface area (Å²) in [5, 5.41) is 9.36. The second-order valence-electron chi connectivity index (χ2n) is 7.82. The van der Waals surface area contributed by atoms with Crippen LogP contribution in [0.4, 0.5) is 0 Å². The predicted octanol–water partition coefficient (Wildman–Crippen LogP) is 4.71. The Balaban J connectivity index is 1.74. The van der Waals surface area contributed by atoms with Crippen molar-refractivity contribution in [2.75, 3.05) is 13.6 Å². The number of allylic oxidation sites excluding steroid dienone is 4. The highest BCUT2D eigenvalue weighted by Gasteiger charge is 2.47. The third kappa shape index (κ3) is 2.91. The van der Waals surface area contributed by atoms with E-state index in [0.29, 0.717) is 11.5 Å². The molecule has 1 saturated heterocycles. The number of hydrogen-bond donors (Lipinski definition) is 0. The Morgan fingerprint density at radius 1 is 1.29 bits per heavy atom. The Labute approximate surface area is 149 Å². The SMILES string of the molecule is C=C1/C=C\C(c2nncs2)=C/CC23CCCCC2[C@H](C1)N(C)CC3. The summed E-state index contributed by atoms with van der Waals surface area (Å²) in [5.74, 6) is 0.806. The average molecular weight is 342 g/mol. The van der Waals surface area contributed by atoms with Gasteiger partial charge in [0.25, 0.3) is 0 Å². The monoisotopic (exact) mass is 341 g/mol. The fourth-order valence-corrected chi connectivity index (χ4v) is 5.73. The number of rotatable bonds is 1. The van der Waals surface area contributed by atoms with Gasteiger partial charge in [0, 0.05) is 11.6 Å². The van der Waals surface area contributed by atoms with E-state index in [2.05, 4.69) is 47.0 Å². The first kappa shape index (κ1) is 16.2. The maximum Gasteiger partial charge on any atom is 0.147 e. The minimum Gasteiger partial charge on any atom is -0.303 e. The lowest BCUT2D eigenvalue weighted by Crippen LogP contribution is -2.54. The van der Waals surface area contributed by atoms with E-state index in [4.69, 9.17) is 0 Å². The molecule has 1 saturated carbocycles. The lowest BCUT2D eigenvalue weighted by molar-refractivity contribution is -0.0347. The quantitative estimate of drug-likeness (QED) is 0.741. The van der Waals surface area contributed by atoms with Gasteiger partial charge in [0.15, 0.2) is 0 Å². The van der Waals surface area contributed by atoms with Gasteiger partial charge in [-0.05, 0) is 57.0 Å². The van der Waals surface area contributed by atoms with Crippen LogP contribution in [0.5, 0.6) is 0 Å².